The third-order valence-corrected chi connectivity index (χ3v) is 2.89. The molecule has 0 aliphatic carbocycles. The summed E-state index contributed by atoms with van der Waals surface area (Å²) in [5, 5.41) is 2.37. The molecule has 2 heterocycles. The zero-order valence-corrected chi connectivity index (χ0v) is 8.49. The van der Waals surface area contributed by atoms with Crippen LogP contribution < -0.4 is 5.32 Å². The minimum Gasteiger partial charge on any atom is -0.318 e. The first-order valence-electron chi connectivity index (χ1n) is 4.88. The standard InChI is InChI=1S/C9H15N3O2/c1-6-3-12(7-4-11(2)5-7)9(14)10-8(6)13/h6-7H,3-5H2,1-2H3,(H,10,13,14). The van der Waals surface area contributed by atoms with Crippen molar-refractivity contribution < 1.29 is 9.59 Å². The van der Waals surface area contributed by atoms with Gasteiger partial charge in [0.1, 0.15) is 0 Å². The second-order valence-corrected chi connectivity index (χ2v) is 4.22. The van der Waals surface area contributed by atoms with Crippen LogP contribution in [0.4, 0.5) is 4.79 Å². The van der Waals surface area contributed by atoms with Crippen LogP contribution in [0.3, 0.4) is 0 Å². The lowest BCUT2D eigenvalue weighted by Crippen LogP contribution is -2.65. The highest BCUT2D eigenvalue weighted by molar-refractivity contribution is 5.97. The monoisotopic (exact) mass is 197 g/mol. The Morgan fingerprint density at radius 2 is 1.93 bits per heavy atom. The molecule has 0 aromatic heterocycles. The SMILES string of the molecule is CC1CN(C2CN(C)C2)C(=O)NC1=O. The van der Waals surface area contributed by atoms with Gasteiger partial charge in [-0.1, -0.05) is 6.92 Å². The van der Waals surface area contributed by atoms with Gasteiger partial charge in [-0.15, -0.1) is 0 Å². The summed E-state index contributed by atoms with van der Waals surface area (Å²) < 4.78 is 0. The normalized spacial score (nSPS) is 30.1. The van der Waals surface area contributed by atoms with E-state index in [0.717, 1.165) is 13.1 Å². The third kappa shape index (κ3) is 1.48. The number of likely N-dealkylation sites (N-methyl/N-ethyl adjacent to an activating group) is 1. The average Bonchev–Trinajstić information content (AvgIpc) is 2.07. The molecule has 0 spiro atoms. The minimum atomic E-state index is -0.230. The number of imide groups is 1. The lowest BCUT2D eigenvalue weighted by molar-refractivity contribution is -0.126. The Kier molecular flexibility index (Phi) is 2.19. The van der Waals surface area contributed by atoms with Gasteiger partial charge in [0, 0.05) is 19.6 Å². The summed E-state index contributed by atoms with van der Waals surface area (Å²) in [6, 6.07) is 0.0572. The van der Waals surface area contributed by atoms with Gasteiger partial charge in [-0.2, -0.15) is 0 Å². The van der Waals surface area contributed by atoms with E-state index in [0.29, 0.717) is 6.54 Å². The number of nitrogens with zero attached hydrogens (tertiary/aromatic N) is 2. The zero-order valence-electron chi connectivity index (χ0n) is 8.49. The molecule has 2 aliphatic rings. The fourth-order valence-corrected chi connectivity index (χ4v) is 1.94. The maximum Gasteiger partial charge on any atom is 0.324 e. The van der Waals surface area contributed by atoms with Crippen LogP contribution in [0.15, 0.2) is 0 Å². The van der Waals surface area contributed by atoms with Crippen molar-refractivity contribution in [1.29, 1.82) is 0 Å². The predicted molar refractivity (Wildman–Crippen MR) is 50.7 cm³/mol. The van der Waals surface area contributed by atoms with Crippen LogP contribution in [-0.4, -0.2) is 54.5 Å². The van der Waals surface area contributed by atoms with Crippen molar-refractivity contribution in [2.75, 3.05) is 26.7 Å². The van der Waals surface area contributed by atoms with Gasteiger partial charge in [-0.3, -0.25) is 10.1 Å². The zero-order chi connectivity index (χ0) is 10.3. The Bertz CT molecular complexity index is 273. The Labute approximate surface area is 83.0 Å². The van der Waals surface area contributed by atoms with Gasteiger partial charge in [-0.25, -0.2) is 4.79 Å². The molecule has 0 radical (unpaired) electrons. The van der Waals surface area contributed by atoms with E-state index in [9.17, 15) is 9.59 Å². The van der Waals surface area contributed by atoms with E-state index in [4.69, 9.17) is 0 Å². The van der Waals surface area contributed by atoms with Crippen LogP contribution in [0.1, 0.15) is 6.92 Å². The van der Waals surface area contributed by atoms with E-state index in [1.54, 1.807) is 4.90 Å². The maximum absolute atomic E-state index is 11.5. The third-order valence-electron chi connectivity index (χ3n) is 2.89. The van der Waals surface area contributed by atoms with Crippen LogP contribution in [-0.2, 0) is 4.79 Å². The van der Waals surface area contributed by atoms with Gasteiger partial charge in [-0.05, 0) is 7.05 Å². The Morgan fingerprint density at radius 3 is 2.50 bits per heavy atom. The number of hydrogen-bond acceptors (Lipinski definition) is 3. The lowest BCUT2D eigenvalue weighted by atomic mass is 10.0. The van der Waals surface area contributed by atoms with Crippen molar-refractivity contribution in [3.05, 3.63) is 0 Å². The second-order valence-electron chi connectivity index (χ2n) is 4.22. The first-order chi connectivity index (χ1) is 6.58. The van der Waals surface area contributed by atoms with E-state index in [1.807, 2.05) is 14.0 Å². The smallest absolute Gasteiger partial charge is 0.318 e. The molecule has 3 amide bonds. The molecule has 2 aliphatic heterocycles. The molecule has 2 rings (SSSR count). The molecule has 1 atom stereocenters. The number of rotatable bonds is 1. The van der Waals surface area contributed by atoms with E-state index >= 15 is 0 Å². The summed E-state index contributed by atoms with van der Waals surface area (Å²) in [5.74, 6) is -0.238. The largest absolute Gasteiger partial charge is 0.324 e. The highest BCUT2D eigenvalue weighted by Gasteiger charge is 2.37. The van der Waals surface area contributed by atoms with Crippen molar-refractivity contribution in [1.82, 2.24) is 15.1 Å². The summed E-state index contributed by atoms with van der Waals surface area (Å²) in [6.07, 6.45) is 0. The summed E-state index contributed by atoms with van der Waals surface area (Å²) in [4.78, 5) is 26.6. The second kappa shape index (κ2) is 3.24. The molecule has 2 fully saturated rings. The minimum absolute atomic E-state index is 0.0846. The lowest BCUT2D eigenvalue weighted by Gasteiger charge is -2.45. The fourth-order valence-electron chi connectivity index (χ4n) is 1.94. The molecule has 0 aromatic carbocycles. The highest BCUT2D eigenvalue weighted by Crippen LogP contribution is 2.17. The maximum atomic E-state index is 11.5. The molecule has 0 aromatic rings. The molecule has 1 unspecified atom stereocenters. The van der Waals surface area contributed by atoms with E-state index in [-0.39, 0.29) is 23.9 Å². The molecular weight excluding hydrogens is 182 g/mol. The number of urea groups is 1. The number of carbonyl (C=O) groups excluding carboxylic acids is 2. The summed E-state index contributed by atoms with van der Waals surface area (Å²) in [5.41, 5.74) is 0. The average molecular weight is 197 g/mol. The topological polar surface area (TPSA) is 52.6 Å². The van der Waals surface area contributed by atoms with E-state index < -0.39 is 0 Å². The molecule has 1 N–H and O–H groups in total. The number of hydrogen-bond donors (Lipinski definition) is 1. The van der Waals surface area contributed by atoms with Crippen molar-refractivity contribution in [3.8, 4) is 0 Å². The Balaban J connectivity index is 1.98. The van der Waals surface area contributed by atoms with Gasteiger partial charge >= 0.3 is 6.03 Å². The summed E-state index contributed by atoms with van der Waals surface area (Å²) in [7, 11) is 2.02. The molecular formula is C9H15N3O2. The molecule has 5 heteroatoms. The van der Waals surface area contributed by atoms with Crippen LogP contribution in [0.25, 0.3) is 0 Å². The van der Waals surface area contributed by atoms with Crippen LogP contribution in [0.2, 0.25) is 0 Å². The molecule has 14 heavy (non-hydrogen) atoms. The molecule has 5 nitrogen and oxygen atoms in total. The Morgan fingerprint density at radius 1 is 1.29 bits per heavy atom. The number of amides is 3. The molecule has 0 bridgehead atoms. The van der Waals surface area contributed by atoms with E-state index in [2.05, 4.69) is 10.2 Å². The highest BCUT2D eigenvalue weighted by atomic mass is 16.2. The van der Waals surface area contributed by atoms with E-state index in [1.165, 1.54) is 0 Å². The summed E-state index contributed by atoms with van der Waals surface area (Å²) in [6.45, 7) is 4.23. The number of likely N-dealkylation sites (tertiary alicyclic amines) is 1. The van der Waals surface area contributed by atoms with Crippen molar-refractivity contribution in [3.63, 3.8) is 0 Å². The molecule has 0 saturated carbocycles. The van der Waals surface area contributed by atoms with Crippen LogP contribution in [0, 0.1) is 5.92 Å². The van der Waals surface area contributed by atoms with Gasteiger partial charge in [0.2, 0.25) is 5.91 Å². The predicted octanol–water partition coefficient (Wildman–Crippen LogP) is -0.512. The first-order valence-corrected chi connectivity index (χ1v) is 4.88. The van der Waals surface area contributed by atoms with Crippen LogP contribution in [0.5, 0.6) is 0 Å². The molecule has 78 valence electrons. The Hall–Kier alpha value is -1.10. The number of carbonyl (C=O) groups is 2. The fraction of sp³-hybridized carbons (Fsp3) is 0.778. The molecule has 2 saturated heterocycles. The van der Waals surface area contributed by atoms with Crippen LogP contribution >= 0.6 is 0 Å². The van der Waals surface area contributed by atoms with Gasteiger partial charge in [0.25, 0.3) is 0 Å². The first kappa shape index (κ1) is 9.45. The number of nitrogens with one attached hydrogen (secondary N) is 1. The van der Waals surface area contributed by atoms with Gasteiger partial charge < -0.3 is 9.80 Å². The van der Waals surface area contributed by atoms with Gasteiger partial charge in [0.05, 0.1) is 12.0 Å². The summed E-state index contributed by atoms with van der Waals surface area (Å²) >= 11 is 0. The van der Waals surface area contributed by atoms with Crippen molar-refractivity contribution in [2.45, 2.75) is 13.0 Å². The van der Waals surface area contributed by atoms with Gasteiger partial charge in [0.15, 0.2) is 0 Å². The quantitative estimate of drug-likeness (QED) is 0.616. The van der Waals surface area contributed by atoms with Crippen molar-refractivity contribution in [2.24, 2.45) is 5.92 Å². The van der Waals surface area contributed by atoms with Crippen molar-refractivity contribution >= 4 is 11.9 Å².